The largest absolute Gasteiger partial charge is 0.398 e. The Morgan fingerprint density at radius 3 is 1.78 bits per heavy atom. The zero-order chi connectivity index (χ0) is 42.3. The van der Waals surface area contributed by atoms with Crippen LogP contribution in [0.25, 0.3) is 28.0 Å². The third-order valence-electron chi connectivity index (χ3n) is 8.82. The van der Waals surface area contributed by atoms with Crippen molar-refractivity contribution in [3.8, 4) is 11.1 Å². The standard InChI is InChI=1S/C38H28N8O10S3/c39-30-16-17-31(28-15-14-27(20-29(28)30)57(48,49)50)44-41-25-10-6-21(7-11-25)22-8-12-26(13-9-22)43-45-36-32(58(51,52)53)18-23-19-33(59(54,55)56)37(38(47)34(23)35(36)40)46-42-24-4-2-1-3-5-24/h1-20,42H,39-40H2,(H,48,49,50)(H,51,52,53)(H,54,55,56). The Balaban J connectivity index is 1.14. The summed E-state index contributed by atoms with van der Waals surface area (Å²) in [5, 5.41) is 21.4. The van der Waals surface area contributed by atoms with Crippen LogP contribution in [-0.2, 0) is 30.4 Å². The summed E-state index contributed by atoms with van der Waals surface area (Å²) in [5.41, 5.74) is 15.5. The number of fused-ring (bicyclic) bond motifs is 2. The number of nitrogens with one attached hydrogen (secondary N) is 1. The first kappa shape index (κ1) is 40.2. The summed E-state index contributed by atoms with van der Waals surface area (Å²) in [4.78, 5) is 11.6. The number of hydrogen-bond donors (Lipinski definition) is 6. The predicted molar refractivity (Wildman–Crippen MR) is 220 cm³/mol. The highest BCUT2D eigenvalue weighted by Crippen LogP contribution is 2.41. The number of carbonyl (C=O) groups excluding carboxylic acids is 1. The number of azo groups is 2. The molecule has 0 saturated heterocycles. The van der Waals surface area contributed by atoms with Gasteiger partial charge in [0.25, 0.3) is 30.4 Å². The van der Waals surface area contributed by atoms with Crippen LogP contribution in [0.5, 0.6) is 0 Å². The van der Waals surface area contributed by atoms with Crippen molar-refractivity contribution in [3.63, 3.8) is 0 Å². The maximum Gasteiger partial charge on any atom is 0.296 e. The molecule has 1 aliphatic rings. The lowest BCUT2D eigenvalue weighted by Gasteiger charge is -2.20. The highest BCUT2D eigenvalue weighted by Gasteiger charge is 2.37. The molecule has 6 aromatic carbocycles. The second-order valence-electron chi connectivity index (χ2n) is 12.7. The van der Waals surface area contributed by atoms with Crippen molar-refractivity contribution in [1.29, 1.82) is 0 Å². The fourth-order valence-corrected chi connectivity index (χ4v) is 7.81. The van der Waals surface area contributed by atoms with Crippen molar-refractivity contribution in [3.05, 3.63) is 131 Å². The fourth-order valence-electron chi connectivity index (χ4n) is 5.97. The average molecular weight is 853 g/mol. The Bertz CT molecular complexity index is 3170. The maximum atomic E-state index is 13.7. The molecular formula is C38H28N8O10S3. The van der Waals surface area contributed by atoms with Crippen LogP contribution < -0.4 is 16.9 Å². The molecule has 0 aromatic heterocycles. The molecule has 0 fully saturated rings. The zero-order valence-corrected chi connectivity index (χ0v) is 32.3. The molecule has 8 N–H and O–H groups in total. The van der Waals surface area contributed by atoms with Crippen LogP contribution in [0, 0.1) is 0 Å². The molecule has 0 atom stereocenters. The van der Waals surface area contributed by atoms with Gasteiger partial charge in [-0.25, -0.2) is 0 Å². The summed E-state index contributed by atoms with van der Waals surface area (Å²) in [6.07, 6.45) is 0.797. The second-order valence-corrected chi connectivity index (χ2v) is 16.9. The number of Topliss-reactive ketones (excluding diaryl/α,β-unsaturated/α-hetero) is 1. The first-order valence-corrected chi connectivity index (χ1v) is 21.1. The lowest BCUT2D eigenvalue weighted by Crippen LogP contribution is -2.28. The van der Waals surface area contributed by atoms with Crippen molar-refractivity contribution in [2.75, 3.05) is 16.9 Å². The number of para-hydroxylation sites is 1. The Labute approximate surface area is 335 Å². The predicted octanol–water partition coefficient (Wildman–Crippen LogP) is 7.89. The van der Waals surface area contributed by atoms with Crippen LogP contribution in [0.3, 0.4) is 0 Å². The van der Waals surface area contributed by atoms with E-state index in [1.165, 1.54) is 18.2 Å². The normalized spacial score (nSPS) is 14.3. The molecule has 0 spiro atoms. The van der Waals surface area contributed by atoms with Gasteiger partial charge in [0.2, 0.25) is 5.78 Å². The van der Waals surface area contributed by atoms with E-state index < -0.39 is 68.6 Å². The lowest BCUT2D eigenvalue weighted by molar-refractivity contribution is 0.106. The molecule has 6 aromatic rings. The van der Waals surface area contributed by atoms with Gasteiger partial charge in [-0.2, -0.15) is 40.6 Å². The molecule has 0 unspecified atom stereocenters. The highest BCUT2D eigenvalue weighted by atomic mass is 32.2. The molecule has 59 heavy (non-hydrogen) atoms. The molecule has 298 valence electrons. The summed E-state index contributed by atoms with van der Waals surface area (Å²) in [6, 6.07) is 29.6. The number of nitrogens with two attached hydrogens (primary N) is 2. The van der Waals surface area contributed by atoms with Crippen LogP contribution in [0.1, 0.15) is 15.9 Å². The third-order valence-corrected chi connectivity index (χ3v) is 11.4. The van der Waals surface area contributed by atoms with Gasteiger partial charge in [-0.1, -0.05) is 48.5 Å². The number of hydrogen-bond acceptors (Lipinski definition) is 15. The van der Waals surface area contributed by atoms with Crippen molar-refractivity contribution >= 4 is 98.5 Å². The number of anilines is 3. The van der Waals surface area contributed by atoms with Crippen LogP contribution in [-0.4, -0.2) is 50.4 Å². The monoisotopic (exact) mass is 852 g/mol. The van der Waals surface area contributed by atoms with Gasteiger partial charge in [0.15, 0.2) is 5.71 Å². The minimum Gasteiger partial charge on any atom is -0.398 e. The molecule has 0 amide bonds. The first-order valence-electron chi connectivity index (χ1n) is 16.8. The van der Waals surface area contributed by atoms with E-state index in [2.05, 4.69) is 31.0 Å². The van der Waals surface area contributed by atoms with Crippen LogP contribution in [0.15, 0.2) is 156 Å². The molecule has 0 radical (unpaired) electrons. The molecule has 1 aliphatic carbocycles. The van der Waals surface area contributed by atoms with Gasteiger partial charge in [-0.05, 0) is 89.5 Å². The third kappa shape index (κ3) is 8.50. The van der Waals surface area contributed by atoms with Gasteiger partial charge < -0.3 is 11.5 Å². The van der Waals surface area contributed by atoms with Gasteiger partial charge in [0.05, 0.1) is 38.9 Å². The number of hydrazone groups is 1. The van der Waals surface area contributed by atoms with E-state index in [9.17, 15) is 43.7 Å². The van der Waals surface area contributed by atoms with Crippen molar-refractivity contribution in [2.45, 2.75) is 9.79 Å². The Hall–Kier alpha value is -7.01. The van der Waals surface area contributed by atoms with E-state index in [-0.39, 0.29) is 21.8 Å². The summed E-state index contributed by atoms with van der Waals surface area (Å²) in [5.74, 6) is -1.10. The number of allylic oxidation sites excluding steroid dienone is 1. The number of ketones is 1. The highest BCUT2D eigenvalue weighted by molar-refractivity contribution is 7.91. The molecule has 0 bridgehead atoms. The Kier molecular flexibility index (Phi) is 10.5. The van der Waals surface area contributed by atoms with Gasteiger partial charge in [-0.3, -0.25) is 23.9 Å². The van der Waals surface area contributed by atoms with E-state index in [0.717, 1.165) is 23.3 Å². The van der Waals surface area contributed by atoms with Gasteiger partial charge in [0, 0.05) is 16.5 Å². The minimum absolute atomic E-state index is 0.214. The quantitative estimate of drug-likeness (QED) is 0.0331. The van der Waals surface area contributed by atoms with E-state index in [4.69, 9.17) is 11.5 Å². The van der Waals surface area contributed by atoms with E-state index in [1.807, 2.05) is 0 Å². The van der Waals surface area contributed by atoms with Crippen molar-refractivity contribution < 1.29 is 43.7 Å². The molecule has 21 heteroatoms. The Morgan fingerprint density at radius 2 is 1.20 bits per heavy atom. The topological polar surface area (TPSA) is 306 Å². The molecule has 7 rings (SSSR count). The van der Waals surface area contributed by atoms with Crippen LogP contribution in [0.4, 0.5) is 39.8 Å². The molecule has 0 aliphatic heterocycles. The maximum absolute atomic E-state index is 13.7. The van der Waals surface area contributed by atoms with Gasteiger partial charge >= 0.3 is 0 Å². The van der Waals surface area contributed by atoms with Gasteiger partial charge in [0.1, 0.15) is 15.5 Å². The average Bonchev–Trinajstić information content (AvgIpc) is 3.19. The number of rotatable bonds is 10. The number of carbonyl (C=O) groups is 1. The smallest absolute Gasteiger partial charge is 0.296 e. The SMILES string of the molecule is Nc1c(N=Nc2ccc(-c3ccc(N=Nc4ccc(N)c5cc(S(=O)(=O)O)ccc45)cc3)cc2)c(S(=O)(=O)O)cc2c1C(=O)C(=NNc1ccccc1)C(S(=O)(=O)O)=C2. The summed E-state index contributed by atoms with van der Waals surface area (Å²) in [7, 11) is -14.6. The van der Waals surface area contributed by atoms with Gasteiger partial charge in [-0.15, -0.1) is 10.2 Å². The van der Waals surface area contributed by atoms with Crippen LogP contribution in [0.2, 0.25) is 0 Å². The lowest BCUT2D eigenvalue weighted by atomic mass is 9.92. The molecule has 0 heterocycles. The molecule has 18 nitrogen and oxygen atoms in total. The summed E-state index contributed by atoms with van der Waals surface area (Å²) < 4.78 is 102. The van der Waals surface area contributed by atoms with Crippen molar-refractivity contribution in [1.82, 2.24) is 0 Å². The fraction of sp³-hybridized carbons (Fsp3) is 0. The van der Waals surface area contributed by atoms with E-state index in [1.54, 1.807) is 91.0 Å². The number of nitrogens with zero attached hydrogens (tertiary/aromatic N) is 5. The minimum atomic E-state index is -5.09. The van der Waals surface area contributed by atoms with E-state index in [0.29, 0.717) is 27.8 Å². The second kappa shape index (κ2) is 15.4. The van der Waals surface area contributed by atoms with Crippen LogP contribution >= 0.6 is 0 Å². The first-order chi connectivity index (χ1) is 27.9. The van der Waals surface area contributed by atoms with E-state index >= 15 is 0 Å². The molecule has 0 saturated carbocycles. The van der Waals surface area contributed by atoms with Crippen molar-refractivity contribution in [2.24, 2.45) is 25.6 Å². The Morgan fingerprint density at radius 1 is 0.593 bits per heavy atom. The number of benzene rings is 6. The zero-order valence-electron chi connectivity index (χ0n) is 29.9. The summed E-state index contributed by atoms with van der Waals surface area (Å²) >= 11 is 0. The number of nitrogen functional groups attached to an aromatic ring is 2. The molecular weight excluding hydrogens is 825 g/mol. The summed E-state index contributed by atoms with van der Waals surface area (Å²) in [6.45, 7) is 0.